The fourth-order valence-electron chi connectivity index (χ4n) is 1.48. The van der Waals surface area contributed by atoms with Crippen LogP contribution < -0.4 is 0 Å². The van der Waals surface area contributed by atoms with Crippen molar-refractivity contribution in [3.8, 4) is 0 Å². The predicted octanol–water partition coefficient (Wildman–Crippen LogP) is 1.61. The van der Waals surface area contributed by atoms with Gasteiger partial charge in [0.1, 0.15) is 12.4 Å². The molecule has 2 rings (SSSR count). The Labute approximate surface area is 108 Å². The van der Waals surface area contributed by atoms with Gasteiger partial charge in [0.25, 0.3) is 0 Å². The van der Waals surface area contributed by atoms with Gasteiger partial charge in [0.15, 0.2) is 5.82 Å². The summed E-state index contributed by atoms with van der Waals surface area (Å²) in [5.41, 5.74) is 0.950. The second-order valence-electron chi connectivity index (χ2n) is 3.94. The Kier molecular flexibility index (Phi) is 3.56. The van der Waals surface area contributed by atoms with Crippen LogP contribution in [0.2, 0.25) is 0 Å². The van der Waals surface area contributed by atoms with Crippen LogP contribution in [0.5, 0.6) is 0 Å². The zero-order valence-corrected chi connectivity index (χ0v) is 11.7. The van der Waals surface area contributed by atoms with E-state index in [1.165, 1.54) is 0 Å². The lowest BCUT2D eigenvalue weighted by Crippen LogP contribution is -2.07. The van der Waals surface area contributed by atoms with E-state index in [1.807, 2.05) is 24.7 Å². The molecule has 0 amide bonds. The zero-order valence-electron chi connectivity index (χ0n) is 10.1. The Balaban J connectivity index is 2.14. The number of hydrogen-bond donors (Lipinski definition) is 0. The summed E-state index contributed by atoms with van der Waals surface area (Å²) in [4.78, 5) is 0.262. The summed E-state index contributed by atoms with van der Waals surface area (Å²) < 4.78 is 3.73. The van der Waals surface area contributed by atoms with Crippen molar-refractivity contribution < 1.29 is 0 Å². The van der Waals surface area contributed by atoms with E-state index in [1.54, 1.807) is 4.68 Å². The molecule has 0 bridgehead atoms. The Hall–Kier alpha value is -1.24. The van der Waals surface area contributed by atoms with Crippen LogP contribution in [0.3, 0.4) is 0 Å². The van der Waals surface area contributed by atoms with Crippen molar-refractivity contribution >= 4 is 15.9 Å². The third-order valence-corrected chi connectivity index (χ3v) is 3.84. The second-order valence-corrected chi connectivity index (χ2v) is 5.04. The summed E-state index contributed by atoms with van der Waals surface area (Å²) in [5.74, 6) is 1.77. The van der Waals surface area contributed by atoms with Gasteiger partial charge in [0.05, 0.1) is 16.7 Å². The number of aromatic nitrogens is 6. The molecule has 17 heavy (non-hydrogen) atoms. The van der Waals surface area contributed by atoms with Crippen LogP contribution in [0, 0.1) is 6.92 Å². The molecule has 7 heteroatoms. The average Bonchev–Trinajstić information content (AvgIpc) is 2.91. The first kappa shape index (κ1) is 12.2. The van der Waals surface area contributed by atoms with Crippen LogP contribution in [-0.2, 0) is 13.6 Å². The molecule has 0 saturated heterocycles. The summed E-state index contributed by atoms with van der Waals surface area (Å²) in [5, 5.41) is 16.3. The summed E-state index contributed by atoms with van der Waals surface area (Å²) in [7, 11) is 1.95. The summed E-state index contributed by atoms with van der Waals surface area (Å²) >= 11 is 3.55. The van der Waals surface area contributed by atoms with Crippen LogP contribution >= 0.6 is 15.9 Å². The predicted molar refractivity (Wildman–Crippen MR) is 66.8 cm³/mol. The first-order valence-corrected chi connectivity index (χ1v) is 6.42. The molecule has 0 aliphatic carbocycles. The summed E-state index contributed by atoms with van der Waals surface area (Å²) in [6, 6.07) is 0. The molecule has 0 radical (unpaired) electrons. The molecule has 1 unspecified atom stereocenters. The minimum Gasteiger partial charge on any atom is -0.317 e. The van der Waals surface area contributed by atoms with Gasteiger partial charge in [-0.05, 0) is 13.3 Å². The molecule has 2 heterocycles. The van der Waals surface area contributed by atoms with Crippen LogP contribution in [0.25, 0.3) is 0 Å². The maximum absolute atomic E-state index is 4.13. The van der Waals surface area contributed by atoms with E-state index in [-0.39, 0.29) is 4.83 Å². The third-order valence-electron chi connectivity index (χ3n) is 2.72. The van der Waals surface area contributed by atoms with E-state index in [9.17, 15) is 0 Å². The number of aryl methyl sites for hydroxylation is 1. The van der Waals surface area contributed by atoms with Crippen molar-refractivity contribution in [1.29, 1.82) is 0 Å². The van der Waals surface area contributed by atoms with Crippen LogP contribution in [0.4, 0.5) is 0 Å². The lowest BCUT2D eigenvalue weighted by molar-refractivity contribution is 0.603. The van der Waals surface area contributed by atoms with E-state index < -0.39 is 0 Å². The number of halogens is 1. The van der Waals surface area contributed by atoms with Gasteiger partial charge in [-0.25, -0.2) is 4.68 Å². The Morgan fingerprint density at radius 1 is 1.35 bits per heavy atom. The average molecular weight is 299 g/mol. The molecule has 0 aliphatic rings. The Morgan fingerprint density at radius 2 is 2.12 bits per heavy atom. The minimum absolute atomic E-state index is 0.262. The van der Waals surface area contributed by atoms with Crippen LogP contribution in [-0.4, -0.2) is 29.8 Å². The van der Waals surface area contributed by atoms with Crippen molar-refractivity contribution in [2.45, 2.75) is 31.6 Å². The van der Waals surface area contributed by atoms with Crippen LogP contribution in [0.1, 0.15) is 35.5 Å². The molecule has 6 nitrogen and oxygen atoms in total. The quantitative estimate of drug-likeness (QED) is 0.805. The second kappa shape index (κ2) is 4.95. The molecule has 0 fully saturated rings. The van der Waals surface area contributed by atoms with Crippen molar-refractivity contribution in [2.24, 2.45) is 7.05 Å². The molecule has 0 aliphatic heterocycles. The van der Waals surface area contributed by atoms with Crippen molar-refractivity contribution in [2.75, 3.05) is 0 Å². The van der Waals surface area contributed by atoms with Crippen molar-refractivity contribution in [1.82, 2.24) is 29.8 Å². The van der Waals surface area contributed by atoms with Gasteiger partial charge in [-0.2, -0.15) is 0 Å². The Bertz CT molecular complexity index is 503. The smallest absolute Gasteiger partial charge is 0.154 e. The zero-order chi connectivity index (χ0) is 12.4. The lowest BCUT2D eigenvalue weighted by atomic mass is 10.3. The molecule has 1 atom stereocenters. The van der Waals surface area contributed by atoms with E-state index in [4.69, 9.17) is 0 Å². The molecule has 2 aromatic heterocycles. The van der Waals surface area contributed by atoms with Crippen molar-refractivity contribution in [3.05, 3.63) is 23.5 Å². The number of alkyl halides is 1. The van der Waals surface area contributed by atoms with E-state index in [0.717, 1.165) is 23.8 Å². The van der Waals surface area contributed by atoms with Crippen LogP contribution in [0.15, 0.2) is 6.20 Å². The Morgan fingerprint density at radius 3 is 2.71 bits per heavy atom. The minimum atomic E-state index is 0.262. The molecule has 0 spiro atoms. The van der Waals surface area contributed by atoms with Gasteiger partial charge in [0.2, 0.25) is 0 Å². The summed E-state index contributed by atoms with van der Waals surface area (Å²) in [6.07, 6.45) is 2.93. The normalized spacial score (nSPS) is 12.9. The molecule has 0 aromatic carbocycles. The van der Waals surface area contributed by atoms with E-state index in [0.29, 0.717) is 6.54 Å². The van der Waals surface area contributed by atoms with Gasteiger partial charge in [-0.1, -0.05) is 28.1 Å². The van der Waals surface area contributed by atoms with E-state index in [2.05, 4.69) is 43.4 Å². The first-order valence-electron chi connectivity index (χ1n) is 5.50. The fourth-order valence-corrected chi connectivity index (χ4v) is 1.69. The van der Waals surface area contributed by atoms with Gasteiger partial charge in [0, 0.05) is 7.05 Å². The summed E-state index contributed by atoms with van der Waals surface area (Å²) in [6.45, 7) is 4.62. The number of nitrogens with zero attached hydrogens (tertiary/aromatic N) is 6. The maximum atomic E-state index is 4.13. The number of rotatable bonds is 4. The maximum Gasteiger partial charge on any atom is 0.154 e. The molecule has 0 saturated carbocycles. The highest BCUT2D eigenvalue weighted by Gasteiger charge is 2.11. The SMILES string of the molecule is CCC(Br)c1cn(Cc2nnc(C)n2C)nn1. The largest absolute Gasteiger partial charge is 0.317 e. The standard InChI is InChI=1S/C10H15BrN6/c1-4-8(11)9-5-17(15-13-9)6-10-14-12-7(2)16(10)3/h5,8H,4,6H2,1-3H3. The monoisotopic (exact) mass is 298 g/mol. The lowest BCUT2D eigenvalue weighted by Gasteiger charge is -2.01. The van der Waals surface area contributed by atoms with Gasteiger partial charge in [-0.15, -0.1) is 15.3 Å². The molecule has 0 N–H and O–H groups in total. The molecular weight excluding hydrogens is 284 g/mol. The van der Waals surface area contributed by atoms with Crippen molar-refractivity contribution in [3.63, 3.8) is 0 Å². The molecular formula is C10H15BrN6. The molecule has 92 valence electrons. The van der Waals surface area contributed by atoms with Gasteiger partial charge in [-0.3, -0.25) is 0 Å². The number of hydrogen-bond acceptors (Lipinski definition) is 4. The highest BCUT2D eigenvalue weighted by molar-refractivity contribution is 9.09. The van der Waals surface area contributed by atoms with Gasteiger partial charge < -0.3 is 4.57 Å². The molecule has 2 aromatic rings. The highest BCUT2D eigenvalue weighted by atomic mass is 79.9. The first-order chi connectivity index (χ1) is 8.11. The third kappa shape index (κ3) is 2.54. The van der Waals surface area contributed by atoms with Gasteiger partial charge >= 0.3 is 0 Å². The topological polar surface area (TPSA) is 61.4 Å². The van der Waals surface area contributed by atoms with E-state index >= 15 is 0 Å². The highest BCUT2D eigenvalue weighted by Crippen LogP contribution is 2.23. The fraction of sp³-hybridized carbons (Fsp3) is 0.600.